The van der Waals surface area contributed by atoms with Gasteiger partial charge in [-0.15, -0.1) is 0 Å². The molecule has 1 aliphatic rings. The zero-order valence-corrected chi connectivity index (χ0v) is 10.0. The Bertz CT molecular complexity index is 271. The SMILES string of the molecule is NC(=O)NCC1CCCN(C(=O)CCCO)C1. The summed E-state index contributed by atoms with van der Waals surface area (Å²) in [6, 6.07) is -0.520. The number of rotatable bonds is 5. The molecule has 1 rings (SSSR count). The molecular formula is C11H21N3O3. The molecule has 6 heteroatoms. The van der Waals surface area contributed by atoms with Crippen LogP contribution in [0.2, 0.25) is 0 Å². The van der Waals surface area contributed by atoms with Gasteiger partial charge in [-0.25, -0.2) is 4.79 Å². The molecule has 0 saturated carbocycles. The predicted octanol–water partition coefficient (Wildman–Crippen LogP) is -0.334. The number of nitrogens with two attached hydrogens (primary N) is 1. The maximum atomic E-state index is 11.7. The van der Waals surface area contributed by atoms with E-state index in [2.05, 4.69) is 5.32 Å². The molecule has 6 nitrogen and oxygen atoms in total. The standard InChI is InChI=1S/C11H21N3O3/c12-11(17)13-7-9-3-1-5-14(8-9)10(16)4-2-6-15/h9,15H,1-8H2,(H3,12,13,17). The molecule has 17 heavy (non-hydrogen) atoms. The van der Waals surface area contributed by atoms with Crippen molar-refractivity contribution in [1.82, 2.24) is 10.2 Å². The van der Waals surface area contributed by atoms with Gasteiger partial charge in [-0.2, -0.15) is 0 Å². The first kappa shape index (κ1) is 13.8. The summed E-state index contributed by atoms with van der Waals surface area (Å²) in [5.74, 6) is 0.372. The van der Waals surface area contributed by atoms with Gasteiger partial charge in [-0.1, -0.05) is 0 Å². The van der Waals surface area contributed by atoms with E-state index in [0.717, 1.165) is 19.4 Å². The van der Waals surface area contributed by atoms with Gasteiger partial charge in [0.15, 0.2) is 0 Å². The lowest BCUT2D eigenvalue weighted by Crippen LogP contribution is -2.44. The molecular weight excluding hydrogens is 222 g/mol. The fraction of sp³-hybridized carbons (Fsp3) is 0.818. The third-order valence-electron chi connectivity index (χ3n) is 2.99. The van der Waals surface area contributed by atoms with Gasteiger partial charge in [0.25, 0.3) is 0 Å². The fourth-order valence-corrected chi connectivity index (χ4v) is 2.09. The van der Waals surface area contributed by atoms with Crippen LogP contribution in [0.15, 0.2) is 0 Å². The van der Waals surface area contributed by atoms with E-state index in [-0.39, 0.29) is 18.4 Å². The molecule has 1 saturated heterocycles. The predicted molar refractivity (Wildman–Crippen MR) is 63.2 cm³/mol. The number of amides is 3. The fourth-order valence-electron chi connectivity index (χ4n) is 2.09. The Morgan fingerprint density at radius 2 is 2.24 bits per heavy atom. The first-order valence-corrected chi connectivity index (χ1v) is 6.05. The van der Waals surface area contributed by atoms with E-state index in [9.17, 15) is 9.59 Å². The van der Waals surface area contributed by atoms with Crippen molar-refractivity contribution in [2.75, 3.05) is 26.2 Å². The van der Waals surface area contributed by atoms with Crippen molar-refractivity contribution in [2.24, 2.45) is 11.7 Å². The molecule has 0 aromatic carbocycles. The Balaban J connectivity index is 2.32. The highest BCUT2D eigenvalue weighted by atomic mass is 16.3. The van der Waals surface area contributed by atoms with Crippen LogP contribution in [0.25, 0.3) is 0 Å². The van der Waals surface area contributed by atoms with E-state index in [1.165, 1.54) is 0 Å². The first-order chi connectivity index (χ1) is 8.13. The topological polar surface area (TPSA) is 95.7 Å². The average Bonchev–Trinajstić information content (AvgIpc) is 2.33. The number of hydrogen-bond acceptors (Lipinski definition) is 3. The van der Waals surface area contributed by atoms with E-state index in [1.807, 2.05) is 4.90 Å². The summed E-state index contributed by atoms with van der Waals surface area (Å²) < 4.78 is 0. The van der Waals surface area contributed by atoms with Crippen molar-refractivity contribution in [3.63, 3.8) is 0 Å². The minimum atomic E-state index is -0.520. The van der Waals surface area contributed by atoms with Crippen molar-refractivity contribution in [2.45, 2.75) is 25.7 Å². The lowest BCUT2D eigenvalue weighted by atomic mass is 9.97. The average molecular weight is 243 g/mol. The number of aliphatic hydroxyl groups is 1. The van der Waals surface area contributed by atoms with E-state index >= 15 is 0 Å². The number of nitrogens with zero attached hydrogens (tertiary/aromatic N) is 1. The van der Waals surface area contributed by atoms with Crippen LogP contribution in [-0.2, 0) is 4.79 Å². The molecule has 0 bridgehead atoms. The Morgan fingerprint density at radius 1 is 1.47 bits per heavy atom. The monoisotopic (exact) mass is 243 g/mol. The largest absolute Gasteiger partial charge is 0.396 e. The van der Waals surface area contributed by atoms with Crippen LogP contribution in [0.5, 0.6) is 0 Å². The number of piperidine rings is 1. The van der Waals surface area contributed by atoms with Crippen LogP contribution in [0.4, 0.5) is 4.79 Å². The highest BCUT2D eigenvalue weighted by molar-refractivity contribution is 5.76. The third kappa shape index (κ3) is 5.04. The summed E-state index contributed by atoms with van der Waals surface area (Å²) >= 11 is 0. The van der Waals surface area contributed by atoms with E-state index in [4.69, 9.17) is 10.8 Å². The molecule has 0 spiro atoms. The smallest absolute Gasteiger partial charge is 0.312 e. The van der Waals surface area contributed by atoms with Crippen LogP contribution < -0.4 is 11.1 Å². The van der Waals surface area contributed by atoms with Crippen molar-refractivity contribution in [3.8, 4) is 0 Å². The maximum Gasteiger partial charge on any atom is 0.312 e. The van der Waals surface area contributed by atoms with E-state index < -0.39 is 6.03 Å². The van der Waals surface area contributed by atoms with Gasteiger partial charge in [-0.05, 0) is 25.2 Å². The molecule has 0 aromatic rings. The van der Waals surface area contributed by atoms with Gasteiger partial charge in [0.1, 0.15) is 0 Å². The lowest BCUT2D eigenvalue weighted by molar-refractivity contribution is -0.133. The van der Waals surface area contributed by atoms with Gasteiger partial charge in [0.05, 0.1) is 0 Å². The van der Waals surface area contributed by atoms with Gasteiger partial charge >= 0.3 is 6.03 Å². The second-order valence-electron chi connectivity index (χ2n) is 4.42. The van der Waals surface area contributed by atoms with Gasteiger partial charge in [-0.3, -0.25) is 4.79 Å². The van der Waals surface area contributed by atoms with Crippen molar-refractivity contribution in [1.29, 1.82) is 0 Å². The molecule has 0 aliphatic carbocycles. The number of nitrogens with one attached hydrogen (secondary N) is 1. The number of likely N-dealkylation sites (tertiary alicyclic amines) is 1. The Morgan fingerprint density at radius 3 is 2.88 bits per heavy atom. The second-order valence-corrected chi connectivity index (χ2v) is 4.42. The van der Waals surface area contributed by atoms with Crippen molar-refractivity contribution in [3.05, 3.63) is 0 Å². The molecule has 1 atom stereocenters. The Hall–Kier alpha value is -1.30. The van der Waals surface area contributed by atoms with Crippen LogP contribution >= 0.6 is 0 Å². The van der Waals surface area contributed by atoms with Gasteiger partial charge in [0, 0.05) is 32.7 Å². The summed E-state index contributed by atoms with van der Waals surface area (Å²) in [5, 5.41) is 11.3. The molecule has 4 N–H and O–H groups in total. The third-order valence-corrected chi connectivity index (χ3v) is 2.99. The quantitative estimate of drug-likeness (QED) is 0.616. The Kier molecular flexibility index (Phi) is 5.76. The van der Waals surface area contributed by atoms with Gasteiger partial charge < -0.3 is 21.1 Å². The highest BCUT2D eigenvalue weighted by Crippen LogP contribution is 2.16. The maximum absolute atomic E-state index is 11.7. The van der Waals surface area contributed by atoms with Crippen LogP contribution in [0, 0.1) is 5.92 Å². The lowest BCUT2D eigenvalue weighted by Gasteiger charge is -2.32. The van der Waals surface area contributed by atoms with E-state index in [0.29, 0.717) is 25.9 Å². The van der Waals surface area contributed by atoms with Crippen LogP contribution in [-0.4, -0.2) is 48.2 Å². The molecule has 0 aromatic heterocycles. The van der Waals surface area contributed by atoms with Gasteiger partial charge in [0.2, 0.25) is 5.91 Å². The normalized spacial score (nSPS) is 20.1. The minimum Gasteiger partial charge on any atom is -0.396 e. The zero-order chi connectivity index (χ0) is 12.7. The number of primary amides is 1. The van der Waals surface area contributed by atoms with Crippen molar-refractivity contribution >= 4 is 11.9 Å². The zero-order valence-electron chi connectivity index (χ0n) is 10.0. The second kappa shape index (κ2) is 7.11. The molecule has 98 valence electrons. The molecule has 1 unspecified atom stereocenters. The number of aliphatic hydroxyl groups excluding tert-OH is 1. The number of carbonyl (C=O) groups excluding carboxylic acids is 2. The molecule has 0 radical (unpaired) electrons. The summed E-state index contributed by atoms with van der Waals surface area (Å²) in [6.45, 7) is 2.02. The number of hydrogen-bond donors (Lipinski definition) is 3. The summed E-state index contributed by atoms with van der Waals surface area (Å²) in [4.78, 5) is 24.2. The molecule has 1 fully saturated rings. The highest BCUT2D eigenvalue weighted by Gasteiger charge is 2.23. The first-order valence-electron chi connectivity index (χ1n) is 6.05. The van der Waals surface area contributed by atoms with Crippen LogP contribution in [0.1, 0.15) is 25.7 Å². The minimum absolute atomic E-state index is 0.0479. The number of urea groups is 1. The summed E-state index contributed by atoms with van der Waals surface area (Å²) in [6.07, 6.45) is 2.87. The summed E-state index contributed by atoms with van der Waals surface area (Å²) in [7, 11) is 0. The molecule has 1 heterocycles. The van der Waals surface area contributed by atoms with E-state index in [1.54, 1.807) is 0 Å². The Labute approximate surface area is 101 Å². The van der Waals surface area contributed by atoms with Crippen molar-refractivity contribution < 1.29 is 14.7 Å². The van der Waals surface area contributed by atoms with Crippen LogP contribution in [0.3, 0.4) is 0 Å². The molecule has 1 aliphatic heterocycles. The molecule has 3 amide bonds. The summed E-state index contributed by atoms with van der Waals surface area (Å²) in [5.41, 5.74) is 5.01. The number of carbonyl (C=O) groups is 2.